The molecule has 1 saturated heterocycles. The van der Waals surface area contributed by atoms with Crippen LogP contribution in [0.25, 0.3) is 0 Å². The van der Waals surface area contributed by atoms with Crippen molar-refractivity contribution in [3.8, 4) is 0 Å². The molecule has 2 unspecified atom stereocenters. The Balaban J connectivity index is 2.60. The highest BCUT2D eigenvalue weighted by Gasteiger charge is 2.28. The molecule has 0 spiro atoms. The van der Waals surface area contributed by atoms with Crippen molar-refractivity contribution in [3.63, 3.8) is 0 Å². The topological polar surface area (TPSA) is 24.5 Å². The number of hydrogen-bond donors (Lipinski definition) is 1. The third-order valence-corrected chi connectivity index (χ3v) is 3.99. The summed E-state index contributed by atoms with van der Waals surface area (Å²) in [7, 11) is 1.82. The first kappa shape index (κ1) is 16.9. The zero-order valence-corrected chi connectivity index (χ0v) is 13.7. The fraction of sp³-hybridized carbons (Fsp3) is 1.00. The molecule has 1 aliphatic heterocycles. The van der Waals surface area contributed by atoms with Gasteiger partial charge >= 0.3 is 0 Å². The molecule has 1 N–H and O–H groups in total. The van der Waals surface area contributed by atoms with Crippen LogP contribution in [0.5, 0.6) is 0 Å². The van der Waals surface area contributed by atoms with E-state index in [2.05, 4.69) is 37.9 Å². The highest BCUT2D eigenvalue weighted by molar-refractivity contribution is 4.85. The van der Waals surface area contributed by atoms with Gasteiger partial charge in [0.15, 0.2) is 0 Å². The van der Waals surface area contributed by atoms with E-state index in [1.165, 1.54) is 38.6 Å². The first-order valence-corrected chi connectivity index (χ1v) is 7.97. The zero-order valence-electron chi connectivity index (χ0n) is 13.7. The lowest BCUT2D eigenvalue weighted by Gasteiger charge is -2.42. The minimum absolute atomic E-state index is 0.183. The Labute approximate surface area is 120 Å². The summed E-state index contributed by atoms with van der Waals surface area (Å²) in [5.74, 6) is 0. The third kappa shape index (κ3) is 6.24. The Bertz CT molecular complexity index is 235. The van der Waals surface area contributed by atoms with E-state index in [-0.39, 0.29) is 5.54 Å². The van der Waals surface area contributed by atoms with E-state index in [1.807, 2.05) is 7.11 Å². The van der Waals surface area contributed by atoms with E-state index in [4.69, 9.17) is 4.74 Å². The van der Waals surface area contributed by atoms with Crippen LogP contribution in [0.15, 0.2) is 0 Å². The molecule has 19 heavy (non-hydrogen) atoms. The number of rotatable bonds is 7. The number of ether oxygens (including phenoxy) is 1. The lowest BCUT2D eigenvalue weighted by Crippen LogP contribution is -2.54. The second-order valence-electron chi connectivity index (χ2n) is 6.92. The van der Waals surface area contributed by atoms with Gasteiger partial charge in [-0.25, -0.2) is 0 Å². The average molecular weight is 270 g/mol. The van der Waals surface area contributed by atoms with Crippen molar-refractivity contribution in [1.29, 1.82) is 0 Å². The second kappa shape index (κ2) is 8.23. The van der Waals surface area contributed by atoms with Gasteiger partial charge < -0.3 is 10.1 Å². The molecule has 114 valence electrons. The van der Waals surface area contributed by atoms with Crippen LogP contribution in [0.3, 0.4) is 0 Å². The van der Waals surface area contributed by atoms with Crippen LogP contribution in [-0.4, -0.2) is 49.3 Å². The molecular formula is C16H34N2O. The summed E-state index contributed by atoms with van der Waals surface area (Å²) in [6.45, 7) is 12.1. The molecule has 0 saturated carbocycles. The Kier molecular flexibility index (Phi) is 7.33. The molecule has 0 radical (unpaired) electrons. The minimum atomic E-state index is 0.183. The van der Waals surface area contributed by atoms with Crippen molar-refractivity contribution in [1.82, 2.24) is 10.2 Å². The summed E-state index contributed by atoms with van der Waals surface area (Å²) in [6.07, 6.45) is 6.72. The molecule has 0 bridgehead atoms. The van der Waals surface area contributed by atoms with Crippen LogP contribution in [0.2, 0.25) is 0 Å². The molecule has 0 aliphatic carbocycles. The Morgan fingerprint density at radius 1 is 1.32 bits per heavy atom. The van der Waals surface area contributed by atoms with Crippen molar-refractivity contribution >= 4 is 0 Å². The summed E-state index contributed by atoms with van der Waals surface area (Å²) in [4.78, 5) is 2.70. The predicted octanol–water partition coefficient (Wildman–Crippen LogP) is 3.04. The number of nitrogens with one attached hydrogen (secondary N) is 1. The fourth-order valence-corrected chi connectivity index (χ4v) is 3.04. The van der Waals surface area contributed by atoms with Gasteiger partial charge in [-0.1, -0.05) is 19.8 Å². The molecule has 1 rings (SSSR count). The van der Waals surface area contributed by atoms with Gasteiger partial charge in [-0.15, -0.1) is 0 Å². The molecule has 1 fully saturated rings. The van der Waals surface area contributed by atoms with E-state index in [9.17, 15) is 0 Å². The molecular weight excluding hydrogens is 236 g/mol. The molecule has 0 aromatic carbocycles. The van der Waals surface area contributed by atoms with Crippen molar-refractivity contribution < 1.29 is 4.74 Å². The molecule has 0 amide bonds. The lowest BCUT2D eigenvalue weighted by atomic mass is 9.96. The van der Waals surface area contributed by atoms with Gasteiger partial charge in [0.1, 0.15) is 0 Å². The Morgan fingerprint density at radius 3 is 2.63 bits per heavy atom. The number of likely N-dealkylation sites (tertiary alicyclic amines) is 1. The van der Waals surface area contributed by atoms with Gasteiger partial charge in [-0.2, -0.15) is 0 Å². The van der Waals surface area contributed by atoms with Crippen LogP contribution >= 0.6 is 0 Å². The average Bonchev–Trinajstić information content (AvgIpc) is 2.35. The van der Waals surface area contributed by atoms with Crippen LogP contribution in [-0.2, 0) is 4.74 Å². The maximum absolute atomic E-state index is 5.47. The van der Waals surface area contributed by atoms with Crippen LogP contribution < -0.4 is 5.32 Å². The smallest absolute Gasteiger partial charge is 0.0630 e. The van der Waals surface area contributed by atoms with Gasteiger partial charge in [0.25, 0.3) is 0 Å². The van der Waals surface area contributed by atoms with Crippen molar-refractivity contribution in [2.24, 2.45) is 0 Å². The third-order valence-electron chi connectivity index (χ3n) is 3.99. The van der Waals surface area contributed by atoms with Gasteiger partial charge in [0.2, 0.25) is 0 Å². The molecule has 1 heterocycles. The van der Waals surface area contributed by atoms with E-state index >= 15 is 0 Å². The van der Waals surface area contributed by atoms with Gasteiger partial charge in [-0.3, -0.25) is 4.90 Å². The van der Waals surface area contributed by atoms with Crippen LogP contribution in [0.4, 0.5) is 0 Å². The monoisotopic (exact) mass is 270 g/mol. The van der Waals surface area contributed by atoms with E-state index in [0.717, 1.165) is 19.2 Å². The molecule has 3 heteroatoms. The maximum atomic E-state index is 5.47. The summed E-state index contributed by atoms with van der Waals surface area (Å²) >= 11 is 0. The number of methoxy groups -OCH3 is 1. The zero-order chi connectivity index (χ0) is 14.3. The summed E-state index contributed by atoms with van der Waals surface area (Å²) in [6, 6.07) is 1.28. The number of nitrogens with zero attached hydrogens (tertiary/aromatic N) is 1. The first-order chi connectivity index (χ1) is 8.98. The van der Waals surface area contributed by atoms with Crippen LogP contribution in [0, 0.1) is 0 Å². The van der Waals surface area contributed by atoms with E-state index in [1.54, 1.807) is 0 Å². The number of hydrogen-bond acceptors (Lipinski definition) is 3. The largest absolute Gasteiger partial charge is 0.383 e. The highest BCUT2D eigenvalue weighted by Crippen LogP contribution is 2.23. The van der Waals surface area contributed by atoms with Gasteiger partial charge in [-0.05, 0) is 46.6 Å². The van der Waals surface area contributed by atoms with E-state index < -0.39 is 0 Å². The number of piperidine rings is 1. The first-order valence-electron chi connectivity index (χ1n) is 7.97. The van der Waals surface area contributed by atoms with Crippen molar-refractivity contribution in [3.05, 3.63) is 0 Å². The van der Waals surface area contributed by atoms with Crippen molar-refractivity contribution in [2.75, 3.05) is 26.8 Å². The Hall–Kier alpha value is -0.120. The minimum Gasteiger partial charge on any atom is -0.383 e. The lowest BCUT2D eigenvalue weighted by molar-refractivity contribution is 0.0342. The quantitative estimate of drug-likeness (QED) is 0.769. The fourth-order valence-electron chi connectivity index (χ4n) is 3.04. The molecule has 3 nitrogen and oxygen atoms in total. The molecule has 0 aromatic heterocycles. The van der Waals surface area contributed by atoms with Crippen LogP contribution in [0.1, 0.15) is 59.8 Å². The Morgan fingerprint density at radius 2 is 2.05 bits per heavy atom. The second-order valence-corrected chi connectivity index (χ2v) is 6.92. The molecule has 1 aliphatic rings. The normalized spacial score (nSPS) is 23.5. The van der Waals surface area contributed by atoms with E-state index in [0.29, 0.717) is 6.04 Å². The standard InChI is InChI=1S/C16H34N2O/c1-6-9-14-10-7-8-11-18(14)15(13-19-5)12-17-16(2,3)4/h14-15,17H,6-13H2,1-5H3. The highest BCUT2D eigenvalue weighted by atomic mass is 16.5. The van der Waals surface area contributed by atoms with Gasteiger partial charge in [0.05, 0.1) is 6.61 Å². The van der Waals surface area contributed by atoms with Gasteiger partial charge in [0, 0.05) is 31.3 Å². The SMILES string of the molecule is CCCC1CCCCN1C(CNC(C)(C)C)COC. The molecule has 0 aromatic rings. The summed E-state index contributed by atoms with van der Waals surface area (Å²) < 4.78 is 5.47. The van der Waals surface area contributed by atoms with Crippen molar-refractivity contribution in [2.45, 2.75) is 77.4 Å². The summed E-state index contributed by atoms with van der Waals surface area (Å²) in [5.41, 5.74) is 0.183. The predicted molar refractivity (Wildman–Crippen MR) is 82.7 cm³/mol. The maximum Gasteiger partial charge on any atom is 0.0630 e. The summed E-state index contributed by atoms with van der Waals surface area (Å²) in [5, 5.41) is 3.65. The molecule has 2 atom stereocenters.